The molecule has 0 spiro atoms. The lowest BCUT2D eigenvalue weighted by Crippen LogP contribution is -2.01. The second-order valence-corrected chi connectivity index (χ2v) is 1.31. The van der Waals surface area contributed by atoms with E-state index in [1.807, 2.05) is 0 Å². The number of carbonyl (C=O) groups is 1. The monoisotopic (exact) mass is 125 g/mol. The molecule has 48 valence electrons. The number of nitriles is 1. The summed E-state index contributed by atoms with van der Waals surface area (Å²) < 4.78 is 4.26. The predicted octanol–water partition coefficient (Wildman–Crippen LogP) is 0.629. The van der Waals surface area contributed by atoms with Gasteiger partial charge in [-0.1, -0.05) is 6.08 Å². The fourth-order valence-electron chi connectivity index (χ4n) is 0.338. The van der Waals surface area contributed by atoms with Crippen molar-refractivity contribution in [3.05, 3.63) is 11.6 Å². The molecular weight excluding hydrogens is 118 g/mol. The van der Waals surface area contributed by atoms with Crippen LogP contribution in [0.25, 0.3) is 0 Å². The van der Waals surface area contributed by atoms with Crippen LogP contribution in [0.5, 0.6) is 0 Å². The van der Waals surface area contributed by atoms with Crippen LogP contribution >= 0.6 is 0 Å². The molecule has 0 N–H and O–H groups in total. The summed E-state index contributed by atoms with van der Waals surface area (Å²) in [5.41, 5.74) is 0.0394. The molecule has 0 aromatic heterocycles. The van der Waals surface area contributed by atoms with Crippen LogP contribution in [0.3, 0.4) is 0 Å². The van der Waals surface area contributed by atoms with Gasteiger partial charge in [-0.25, -0.2) is 4.79 Å². The molecule has 0 aliphatic heterocycles. The van der Waals surface area contributed by atoms with Gasteiger partial charge >= 0.3 is 5.97 Å². The highest BCUT2D eigenvalue weighted by Crippen LogP contribution is 1.92. The number of carbonyl (C=O) groups excluding carboxylic acids is 1. The van der Waals surface area contributed by atoms with Crippen LogP contribution in [-0.2, 0) is 9.53 Å². The first-order valence-corrected chi connectivity index (χ1v) is 2.41. The molecule has 0 aromatic carbocycles. The van der Waals surface area contributed by atoms with Crippen molar-refractivity contribution >= 4 is 5.97 Å². The molecule has 9 heavy (non-hydrogen) atoms. The molecule has 0 rings (SSSR count). The van der Waals surface area contributed by atoms with Gasteiger partial charge < -0.3 is 4.74 Å². The number of esters is 1. The van der Waals surface area contributed by atoms with Crippen LogP contribution in [0.4, 0.5) is 0 Å². The Morgan fingerprint density at radius 2 is 2.33 bits per heavy atom. The Hall–Kier alpha value is -1.30. The molecule has 0 aliphatic carbocycles. The molecule has 0 heterocycles. The number of allylic oxidation sites excluding steroid dienone is 1. The van der Waals surface area contributed by atoms with Crippen molar-refractivity contribution in [2.45, 2.75) is 6.92 Å². The highest BCUT2D eigenvalue weighted by atomic mass is 16.5. The zero-order chi connectivity index (χ0) is 7.28. The quantitative estimate of drug-likeness (QED) is 0.293. The summed E-state index contributed by atoms with van der Waals surface area (Å²) in [5, 5.41) is 8.21. The average Bonchev–Trinajstić information content (AvgIpc) is 1.90. The van der Waals surface area contributed by atoms with E-state index in [1.165, 1.54) is 13.2 Å². The van der Waals surface area contributed by atoms with Gasteiger partial charge in [-0.15, -0.1) is 0 Å². The summed E-state index contributed by atoms with van der Waals surface area (Å²) in [6.45, 7) is 1.61. The number of ether oxygens (including phenoxy) is 1. The Labute approximate surface area is 53.5 Å². The molecule has 3 heteroatoms. The molecule has 0 fully saturated rings. The standard InChI is InChI=1S/C6H7NO2/c1-3-5(4-7)6(8)9-2/h3H,1-2H3/b5-3-. The van der Waals surface area contributed by atoms with Crippen molar-refractivity contribution in [2.24, 2.45) is 0 Å². The van der Waals surface area contributed by atoms with E-state index in [0.717, 1.165) is 0 Å². The summed E-state index contributed by atoms with van der Waals surface area (Å²) in [4.78, 5) is 10.5. The van der Waals surface area contributed by atoms with E-state index in [4.69, 9.17) is 5.26 Å². The summed E-state index contributed by atoms with van der Waals surface area (Å²) in [7, 11) is 1.24. The highest BCUT2D eigenvalue weighted by Gasteiger charge is 2.04. The van der Waals surface area contributed by atoms with E-state index in [2.05, 4.69) is 4.74 Å². The second-order valence-electron chi connectivity index (χ2n) is 1.31. The minimum absolute atomic E-state index is 0.0394. The average molecular weight is 125 g/mol. The Balaban J connectivity index is 4.19. The van der Waals surface area contributed by atoms with Gasteiger partial charge in [0.2, 0.25) is 0 Å². The fourth-order valence-corrected chi connectivity index (χ4v) is 0.338. The third-order valence-corrected chi connectivity index (χ3v) is 0.814. The van der Waals surface area contributed by atoms with Crippen LogP contribution in [-0.4, -0.2) is 13.1 Å². The van der Waals surface area contributed by atoms with Crippen molar-refractivity contribution in [1.29, 1.82) is 5.26 Å². The minimum atomic E-state index is -0.583. The summed E-state index contributed by atoms with van der Waals surface area (Å²) in [6, 6.07) is 1.69. The maximum Gasteiger partial charge on any atom is 0.348 e. The van der Waals surface area contributed by atoms with E-state index in [0.29, 0.717) is 0 Å². The van der Waals surface area contributed by atoms with Gasteiger partial charge in [0.1, 0.15) is 11.6 Å². The van der Waals surface area contributed by atoms with E-state index < -0.39 is 5.97 Å². The van der Waals surface area contributed by atoms with Crippen LogP contribution in [0.1, 0.15) is 6.92 Å². The summed E-state index contributed by atoms with van der Waals surface area (Å²) >= 11 is 0. The van der Waals surface area contributed by atoms with Crippen molar-refractivity contribution in [3.8, 4) is 6.07 Å². The normalized spacial score (nSPS) is 10.1. The van der Waals surface area contributed by atoms with Gasteiger partial charge in [0.05, 0.1) is 7.11 Å². The molecule has 0 saturated heterocycles. The van der Waals surface area contributed by atoms with Gasteiger partial charge in [0.25, 0.3) is 0 Å². The lowest BCUT2D eigenvalue weighted by Gasteiger charge is -1.91. The number of methoxy groups -OCH3 is 1. The molecular formula is C6H7NO2. The Morgan fingerprint density at radius 1 is 1.78 bits per heavy atom. The van der Waals surface area contributed by atoms with Crippen molar-refractivity contribution in [3.63, 3.8) is 0 Å². The smallest absolute Gasteiger partial charge is 0.348 e. The van der Waals surface area contributed by atoms with Crippen molar-refractivity contribution in [2.75, 3.05) is 7.11 Å². The molecule has 0 aromatic rings. The topological polar surface area (TPSA) is 50.1 Å². The molecule has 3 nitrogen and oxygen atoms in total. The highest BCUT2D eigenvalue weighted by molar-refractivity contribution is 5.92. The van der Waals surface area contributed by atoms with Gasteiger partial charge in [0, 0.05) is 0 Å². The molecule has 0 saturated carbocycles. The maximum absolute atomic E-state index is 10.5. The van der Waals surface area contributed by atoms with E-state index >= 15 is 0 Å². The number of hydrogen-bond donors (Lipinski definition) is 0. The fraction of sp³-hybridized carbons (Fsp3) is 0.333. The van der Waals surface area contributed by atoms with E-state index in [9.17, 15) is 4.79 Å². The zero-order valence-electron chi connectivity index (χ0n) is 5.34. The Morgan fingerprint density at radius 3 is 2.44 bits per heavy atom. The molecule has 0 radical (unpaired) electrons. The van der Waals surface area contributed by atoms with Crippen LogP contribution in [0.2, 0.25) is 0 Å². The molecule has 0 amide bonds. The zero-order valence-corrected chi connectivity index (χ0v) is 5.34. The first-order chi connectivity index (χ1) is 4.26. The van der Waals surface area contributed by atoms with Crippen LogP contribution in [0, 0.1) is 11.3 Å². The van der Waals surface area contributed by atoms with Crippen LogP contribution in [0.15, 0.2) is 11.6 Å². The Kier molecular flexibility index (Phi) is 3.14. The van der Waals surface area contributed by atoms with Crippen LogP contribution < -0.4 is 0 Å². The van der Waals surface area contributed by atoms with Gasteiger partial charge in [-0.2, -0.15) is 5.26 Å². The van der Waals surface area contributed by atoms with Gasteiger partial charge in [-0.05, 0) is 6.92 Å². The minimum Gasteiger partial charge on any atom is -0.465 e. The maximum atomic E-state index is 10.5. The summed E-state index contributed by atoms with van der Waals surface area (Å²) in [6.07, 6.45) is 1.41. The van der Waals surface area contributed by atoms with Crippen molar-refractivity contribution in [1.82, 2.24) is 0 Å². The molecule has 0 atom stereocenters. The van der Waals surface area contributed by atoms with Gasteiger partial charge in [-0.3, -0.25) is 0 Å². The third kappa shape index (κ3) is 1.96. The molecule has 0 bridgehead atoms. The first-order valence-electron chi connectivity index (χ1n) is 2.41. The first kappa shape index (κ1) is 7.70. The van der Waals surface area contributed by atoms with Crippen molar-refractivity contribution < 1.29 is 9.53 Å². The second kappa shape index (κ2) is 3.67. The number of hydrogen-bond acceptors (Lipinski definition) is 3. The van der Waals surface area contributed by atoms with E-state index in [1.54, 1.807) is 13.0 Å². The third-order valence-electron chi connectivity index (χ3n) is 0.814. The lowest BCUT2D eigenvalue weighted by atomic mass is 10.3. The summed E-state index contributed by atoms with van der Waals surface area (Å²) in [5.74, 6) is -0.583. The lowest BCUT2D eigenvalue weighted by molar-refractivity contribution is -0.135. The molecule has 0 unspecified atom stereocenters. The predicted molar refractivity (Wildman–Crippen MR) is 31.4 cm³/mol. The number of nitrogens with zero attached hydrogens (tertiary/aromatic N) is 1. The Bertz CT molecular complexity index is 176. The SMILES string of the molecule is C/C=C(/C#N)C(=O)OC. The molecule has 0 aliphatic rings. The largest absolute Gasteiger partial charge is 0.465 e. The number of rotatable bonds is 1. The van der Waals surface area contributed by atoms with Gasteiger partial charge in [0.15, 0.2) is 0 Å². The van der Waals surface area contributed by atoms with E-state index in [-0.39, 0.29) is 5.57 Å².